The number of aromatic nitrogens is 2. The number of carbonyl (C=O) groups excluding carboxylic acids is 3. The van der Waals surface area contributed by atoms with Gasteiger partial charge in [-0.25, -0.2) is 9.97 Å². The van der Waals surface area contributed by atoms with Crippen molar-refractivity contribution < 1.29 is 14.4 Å². The molecule has 0 aliphatic heterocycles. The SMILES string of the molecule is CC1(C)CC(=O)c2sc(NC(=O)Cc3csc(NC(=O)c4ccccc4)n3)nc2C1. The van der Waals surface area contributed by atoms with Gasteiger partial charge in [-0.15, -0.1) is 11.3 Å². The van der Waals surface area contributed by atoms with Crippen molar-refractivity contribution in [3.8, 4) is 0 Å². The van der Waals surface area contributed by atoms with Crippen molar-refractivity contribution in [2.24, 2.45) is 5.41 Å². The van der Waals surface area contributed by atoms with Gasteiger partial charge in [0.25, 0.3) is 5.91 Å². The summed E-state index contributed by atoms with van der Waals surface area (Å²) in [6.07, 6.45) is 1.27. The summed E-state index contributed by atoms with van der Waals surface area (Å²) in [5.41, 5.74) is 1.74. The zero-order valence-electron chi connectivity index (χ0n) is 16.5. The van der Waals surface area contributed by atoms with Gasteiger partial charge in [0, 0.05) is 17.4 Å². The minimum atomic E-state index is -0.265. The minimum absolute atomic E-state index is 0.0569. The molecule has 0 atom stereocenters. The number of nitrogens with one attached hydrogen (secondary N) is 2. The molecule has 154 valence electrons. The lowest BCUT2D eigenvalue weighted by Gasteiger charge is -2.26. The molecule has 1 aliphatic rings. The maximum Gasteiger partial charge on any atom is 0.257 e. The first-order chi connectivity index (χ1) is 14.3. The second-order valence-electron chi connectivity index (χ2n) is 7.92. The van der Waals surface area contributed by atoms with Gasteiger partial charge in [-0.3, -0.25) is 19.7 Å². The molecule has 9 heteroatoms. The molecule has 0 bridgehead atoms. The van der Waals surface area contributed by atoms with E-state index in [4.69, 9.17) is 0 Å². The Morgan fingerprint density at radius 3 is 2.60 bits per heavy atom. The molecular formula is C21H20N4O3S2. The van der Waals surface area contributed by atoms with E-state index in [0.29, 0.717) is 32.8 Å². The van der Waals surface area contributed by atoms with Crippen LogP contribution in [0.5, 0.6) is 0 Å². The van der Waals surface area contributed by atoms with E-state index in [1.54, 1.807) is 29.6 Å². The van der Waals surface area contributed by atoms with Crippen LogP contribution >= 0.6 is 22.7 Å². The molecule has 2 aromatic heterocycles. The number of rotatable bonds is 5. The number of ketones is 1. The molecule has 0 radical (unpaired) electrons. The van der Waals surface area contributed by atoms with Crippen LogP contribution in [0.2, 0.25) is 0 Å². The lowest BCUT2D eigenvalue weighted by atomic mass is 9.78. The Labute approximate surface area is 181 Å². The maximum atomic E-state index is 12.4. The molecule has 4 rings (SSSR count). The fraction of sp³-hybridized carbons (Fsp3) is 0.286. The van der Waals surface area contributed by atoms with Crippen LogP contribution in [0.3, 0.4) is 0 Å². The number of fused-ring (bicyclic) bond motifs is 1. The summed E-state index contributed by atoms with van der Waals surface area (Å²) in [7, 11) is 0. The van der Waals surface area contributed by atoms with Gasteiger partial charge in [0.1, 0.15) is 0 Å². The third-order valence-electron chi connectivity index (χ3n) is 4.63. The number of benzene rings is 1. The van der Waals surface area contributed by atoms with Gasteiger partial charge in [-0.05, 0) is 24.0 Å². The number of Topliss-reactive ketones (excluding diaryl/α,β-unsaturated/α-hetero) is 1. The van der Waals surface area contributed by atoms with Crippen LogP contribution < -0.4 is 10.6 Å². The monoisotopic (exact) mass is 440 g/mol. The normalized spacial score (nSPS) is 14.8. The molecule has 0 fully saturated rings. The van der Waals surface area contributed by atoms with Gasteiger partial charge in [-0.1, -0.05) is 43.4 Å². The van der Waals surface area contributed by atoms with Crippen molar-refractivity contribution in [1.82, 2.24) is 9.97 Å². The van der Waals surface area contributed by atoms with E-state index in [0.717, 1.165) is 12.1 Å². The Bertz CT molecular complexity index is 1120. The molecule has 7 nitrogen and oxygen atoms in total. The summed E-state index contributed by atoms with van der Waals surface area (Å²) < 4.78 is 0. The first kappa shape index (κ1) is 20.4. The smallest absolute Gasteiger partial charge is 0.257 e. The van der Waals surface area contributed by atoms with Gasteiger partial charge in [-0.2, -0.15) is 0 Å². The highest BCUT2D eigenvalue weighted by molar-refractivity contribution is 7.17. The van der Waals surface area contributed by atoms with Gasteiger partial charge < -0.3 is 5.32 Å². The van der Waals surface area contributed by atoms with E-state index < -0.39 is 0 Å². The molecule has 0 unspecified atom stereocenters. The van der Waals surface area contributed by atoms with Crippen molar-refractivity contribution >= 4 is 50.5 Å². The van der Waals surface area contributed by atoms with Crippen LogP contribution in [0.1, 0.15) is 51.7 Å². The first-order valence-corrected chi connectivity index (χ1v) is 11.1. The maximum absolute atomic E-state index is 12.4. The standard InChI is InChI=1S/C21H20N4O3S2/c1-21(2)9-14-17(15(26)10-21)30-20(23-14)24-16(27)8-13-11-29-19(22-13)25-18(28)12-6-4-3-5-7-12/h3-7,11H,8-10H2,1-2H3,(H,22,25,28)(H,23,24,27). The number of nitrogens with zero attached hydrogens (tertiary/aromatic N) is 2. The number of thiazole rings is 2. The highest BCUT2D eigenvalue weighted by Gasteiger charge is 2.34. The Kier molecular flexibility index (Phi) is 5.48. The van der Waals surface area contributed by atoms with Crippen LogP contribution in [-0.4, -0.2) is 27.6 Å². The van der Waals surface area contributed by atoms with E-state index in [2.05, 4.69) is 20.6 Å². The molecule has 1 aromatic carbocycles. The Morgan fingerprint density at radius 2 is 1.83 bits per heavy atom. The first-order valence-electron chi connectivity index (χ1n) is 9.43. The highest BCUT2D eigenvalue weighted by atomic mass is 32.1. The number of hydrogen-bond donors (Lipinski definition) is 2. The van der Waals surface area contributed by atoms with Crippen molar-refractivity contribution in [3.05, 3.63) is 57.5 Å². The van der Waals surface area contributed by atoms with E-state index in [1.807, 2.05) is 19.9 Å². The average molecular weight is 441 g/mol. The van der Waals surface area contributed by atoms with Crippen molar-refractivity contribution in [2.75, 3.05) is 10.6 Å². The Hall–Kier alpha value is -2.91. The Morgan fingerprint density at radius 1 is 1.07 bits per heavy atom. The molecular weight excluding hydrogens is 420 g/mol. The van der Waals surface area contributed by atoms with Crippen molar-refractivity contribution in [1.29, 1.82) is 0 Å². The fourth-order valence-electron chi connectivity index (χ4n) is 3.31. The summed E-state index contributed by atoms with van der Waals surface area (Å²) in [6.45, 7) is 4.09. The second kappa shape index (κ2) is 8.08. The minimum Gasteiger partial charge on any atom is -0.302 e. The predicted molar refractivity (Wildman–Crippen MR) is 117 cm³/mol. The molecule has 30 heavy (non-hydrogen) atoms. The molecule has 0 spiro atoms. The van der Waals surface area contributed by atoms with Crippen LogP contribution in [0.15, 0.2) is 35.7 Å². The van der Waals surface area contributed by atoms with Gasteiger partial charge in [0.15, 0.2) is 16.0 Å². The summed E-state index contributed by atoms with van der Waals surface area (Å²) in [6, 6.07) is 8.86. The summed E-state index contributed by atoms with van der Waals surface area (Å²) >= 11 is 2.49. The number of hydrogen-bond acceptors (Lipinski definition) is 7. The van der Waals surface area contributed by atoms with Crippen molar-refractivity contribution in [3.63, 3.8) is 0 Å². The van der Waals surface area contributed by atoms with E-state index >= 15 is 0 Å². The zero-order valence-corrected chi connectivity index (χ0v) is 18.2. The quantitative estimate of drug-likeness (QED) is 0.620. The van der Waals surface area contributed by atoms with Crippen LogP contribution in [-0.2, 0) is 17.6 Å². The molecule has 2 heterocycles. The fourth-order valence-corrected chi connectivity index (χ4v) is 4.95. The van der Waals surface area contributed by atoms with E-state index in [-0.39, 0.29) is 29.4 Å². The van der Waals surface area contributed by atoms with Crippen LogP contribution in [0, 0.1) is 5.41 Å². The number of anilines is 2. The van der Waals surface area contributed by atoms with Crippen molar-refractivity contribution in [2.45, 2.75) is 33.1 Å². The van der Waals surface area contributed by atoms with Crippen LogP contribution in [0.4, 0.5) is 10.3 Å². The Balaban J connectivity index is 1.36. The largest absolute Gasteiger partial charge is 0.302 e. The van der Waals surface area contributed by atoms with E-state index in [9.17, 15) is 14.4 Å². The van der Waals surface area contributed by atoms with Gasteiger partial charge in [0.05, 0.1) is 22.7 Å². The third kappa shape index (κ3) is 4.63. The van der Waals surface area contributed by atoms with Gasteiger partial charge in [0.2, 0.25) is 5.91 Å². The average Bonchev–Trinajstić information content (AvgIpc) is 3.28. The number of carbonyl (C=O) groups is 3. The molecule has 2 amide bonds. The lowest BCUT2D eigenvalue weighted by molar-refractivity contribution is -0.115. The topological polar surface area (TPSA) is 101 Å². The van der Waals surface area contributed by atoms with Crippen LogP contribution in [0.25, 0.3) is 0 Å². The summed E-state index contributed by atoms with van der Waals surface area (Å²) in [4.78, 5) is 46.3. The second-order valence-corrected chi connectivity index (χ2v) is 9.78. The lowest BCUT2D eigenvalue weighted by Crippen LogP contribution is -2.26. The highest BCUT2D eigenvalue weighted by Crippen LogP contribution is 2.38. The molecule has 1 aliphatic carbocycles. The molecule has 0 saturated heterocycles. The van der Waals surface area contributed by atoms with Gasteiger partial charge >= 0.3 is 0 Å². The summed E-state index contributed by atoms with van der Waals surface area (Å²) in [5.74, 6) is -0.432. The third-order valence-corrected chi connectivity index (χ3v) is 6.49. The summed E-state index contributed by atoms with van der Waals surface area (Å²) in [5, 5.41) is 8.10. The molecule has 2 N–H and O–H groups in total. The molecule has 3 aromatic rings. The number of amides is 2. The predicted octanol–water partition coefficient (Wildman–Crippen LogP) is 4.19. The van der Waals surface area contributed by atoms with E-state index in [1.165, 1.54) is 22.7 Å². The zero-order chi connectivity index (χ0) is 21.3. The molecule has 0 saturated carbocycles.